The summed E-state index contributed by atoms with van der Waals surface area (Å²) in [4.78, 5) is 6.59. The average Bonchev–Trinajstić information content (AvgIpc) is 2.43. The summed E-state index contributed by atoms with van der Waals surface area (Å²) in [7, 11) is 0. The van der Waals surface area contributed by atoms with Crippen LogP contribution in [-0.4, -0.2) is 41.7 Å². The monoisotopic (exact) mass is 279 g/mol. The highest BCUT2D eigenvalue weighted by atomic mass is 16.5. The van der Waals surface area contributed by atoms with Crippen molar-refractivity contribution in [3.05, 3.63) is 23.4 Å². The van der Waals surface area contributed by atoms with Crippen LogP contribution in [0.25, 0.3) is 0 Å². The van der Waals surface area contributed by atoms with E-state index in [2.05, 4.69) is 29.2 Å². The third-order valence-corrected chi connectivity index (χ3v) is 4.23. The first-order valence-electron chi connectivity index (χ1n) is 6.98. The molecule has 1 aromatic rings. The Labute approximate surface area is 120 Å². The summed E-state index contributed by atoms with van der Waals surface area (Å²) in [6.07, 6.45) is 1.73. The number of aryl methyl sites for hydroxylation is 1. The summed E-state index contributed by atoms with van der Waals surface area (Å²) in [6.45, 7) is 9.68. The molecule has 1 saturated heterocycles. The molecule has 0 bridgehead atoms. The molecule has 1 atom stereocenters. The highest BCUT2D eigenvalue weighted by molar-refractivity contribution is 5.47. The molecule has 1 aliphatic rings. The Hall–Kier alpha value is -1.21. The Morgan fingerprint density at radius 2 is 2.05 bits per heavy atom. The molecule has 20 heavy (non-hydrogen) atoms. The number of pyridine rings is 1. The van der Waals surface area contributed by atoms with Gasteiger partial charge in [0, 0.05) is 30.4 Å². The van der Waals surface area contributed by atoms with Crippen molar-refractivity contribution in [3.63, 3.8) is 0 Å². The zero-order valence-electron chi connectivity index (χ0n) is 12.5. The molecule has 2 heterocycles. The Kier molecular flexibility index (Phi) is 4.59. The van der Waals surface area contributed by atoms with Crippen molar-refractivity contribution >= 4 is 5.82 Å². The Bertz CT molecular complexity index is 437. The lowest BCUT2D eigenvalue weighted by atomic mass is 9.85. The number of ether oxygens (including phenoxy) is 1. The number of nitrogen functional groups attached to an aromatic ring is 1. The third kappa shape index (κ3) is 2.78. The summed E-state index contributed by atoms with van der Waals surface area (Å²) in [5, 5.41) is 0. The average molecular weight is 279 g/mol. The number of hydrazine groups is 1. The highest BCUT2D eigenvalue weighted by Crippen LogP contribution is 2.34. The van der Waals surface area contributed by atoms with E-state index >= 15 is 0 Å². The van der Waals surface area contributed by atoms with Gasteiger partial charge in [-0.25, -0.2) is 4.98 Å². The van der Waals surface area contributed by atoms with Gasteiger partial charge in [-0.1, -0.05) is 0 Å². The van der Waals surface area contributed by atoms with Crippen LogP contribution in [0.4, 0.5) is 5.82 Å². The molecule has 2 rings (SSSR count). The molecule has 0 aromatic carbocycles. The van der Waals surface area contributed by atoms with E-state index in [1.807, 2.05) is 13.0 Å². The second kappa shape index (κ2) is 6.05. The SMILES string of the molecule is Cc1ccnc(N)c1C(NN)C(C)(C)N1CCOCC1. The molecular formula is C14H25N5O. The van der Waals surface area contributed by atoms with Gasteiger partial charge >= 0.3 is 0 Å². The quantitative estimate of drug-likeness (QED) is 0.552. The Balaban J connectivity index is 2.35. The van der Waals surface area contributed by atoms with E-state index in [1.54, 1.807) is 6.20 Å². The molecule has 0 radical (unpaired) electrons. The van der Waals surface area contributed by atoms with Gasteiger partial charge in [0.25, 0.3) is 0 Å². The zero-order valence-corrected chi connectivity index (χ0v) is 12.5. The number of rotatable bonds is 4. The van der Waals surface area contributed by atoms with Crippen LogP contribution in [0.3, 0.4) is 0 Å². The highest BCUT2D eigenvalue weighted by Gasteiger charge is 2.38. The fourth-order valence-electron chi connectivity index (χ4n) is 2.93. The molecule has 1 fully saturated rings. The van der Waals surface area contributed by atoms with Gasteiger partial charge in [0.2, 0.25) is 0 Å². The van der Waals surface area contributed by atoms with Crippen LogP contribution in [0.1, 0.15) is 31.0 Å². The number of nitrogens with zero attached hydrogens (tertiary/aromatic N) is 2. The fraction of sp³-hybridized carbons (Fsp3) is 0.643. The minimum Gasteiger partial charge on any atom is -0.383 e. The number of morpholine rings is 1. The van der Waals surface area contributed by atoms with E-state index in [1.165, 1.54) is 0 Å². The maximum atomic E-state index is 6.07. The number of hydrogen-bond donors (Lipinski definition) is 3. The standard InChI is InChI=1S/C14H25N5O/c1-10-4-5-17-13(15)11(10)12(18-16)14(2,3)19-6-8-20-9-7-19/h4-5,12,18H,6-9,16H2,1-3H3,(H2,15,17). The Morgan fingerprint density at radius 3 is 2.60 bits per heavy atom. The summed E-state index contributed by atoms with van der Waals surface area (Å²) in [5.74, 6) is 6.38. The van der Waals surface area contributed by atoms with E-state index in [0.717, 1.165) is 37.4 Å². The predicted octanol–water partition coefficient (Wildman–Crippen LogP) is 0.587. The van der Waals surface area contributed by atoms with Gasteiger partial charge in [-0.15, -0.1) is 0 Å². The van der Waals surface area contributed by atoms with Crippen LogP contribution in [0, 0.1) is 6.92 Å². The molecule has 0 amide bonds. The molecule has 0 spiro atoms. The van der Waals surface area contributed by atoms with E-state index in [0.29, 0.717) is 5.82 Å². The van der Waals surface area contributed by atoms with Crippen molar-refractivity contribution in [2.24, 2.45) is 5.84 Å². The maximum Gasteiger partial charge on any atom is 0.128 e. The second-order valence-corrected chi connectivity index (χ2v) is 5.78. The molecule has 0 saturated carbocycles. The van der Waals surface area contributed by atoms with Gasteiger partial charge in [-0.05, 0) is 32.4 Å². The lowest BCUT2D eigenvalue weighted by Crippen LogP contribution is -2.57. The van der Waals surface area contributed by atoms with Crippen molar-refractivity contribution in [2.75, 3.05) is 32.0 Å². The van der Waals surface area contributed by atoms with Crippen LogP contribution in [0.2, 0.25) is 0 Å². The first-order chi connectivity index (χ1) is 9.48. The molecule has 5 N–H and O–H groups in total. The van der Waals surface area contributed by atoms with Crippen LogP contribution in [-0.2, 0) is 4.74 Å². The second-order valence-electron chi connectivity index (χ2n) is 5.78. The largest absolute Gasteiger partial charge is 0.383 e. The molecule has 0 aliphatic carbocycles. The maximum absolute atomic E-state index is 6.07. The van der Waals surface area contributed by atoms with Gasteiger partial charge in [0.05, 0.1) is 19.3 Å². The van der Waals surface area contributed by atoms with Crippen molar-refractivity contribution in [1.82, 2.24) is 15.3 Å². The normalized spacial score (nSPS) is 19.0. The van der Waals surface area contributed by atoms with Crippen LogP contribution < -0.4 is 17.0 Å². The molecule has 1 unspecified atom stereocenters. The van der Waals surface area contributed by atoms with Gasteiger partial charge in [-0.3, -0.25) is 16.2 Å². The summed E-state index contributed by atoms with van der Waals surface area (Å²) in [6, 6.07) is 1.88. The van der Waals surface area contributed by atoms with E-state index in [4.69, 9.17) is 16.3 Å². The smallest absolute Gasteiger partial charge is 0.128 e. The fourth-order valence-corrected chi connectivity index (χ4v) is 2.93. The minimum absolute atomic E-state index is 0.0886. The van der Waals surface area contributed by atoms with Gasteiger partial charge in [0.1, 0.15) is 5.82 Å². The van der Waals surface area contributed by atoms with Crippen molar-refractivity contribution in [1.29, 1.82) is 0 Å². The first-order valence-corrected chi connectivity index (χ1v) is 6.98. The number of nitrogens with two attached hydrogens (primary N) is 2. The molecule has 112 valence electrons. The van der Waals surface area contributed by atoms with Crippen molar-refractivity contribution in [3.8, 4) is 0 Å². The van der Waals surface area contributed by atoms with E-state index in [-0.39, 0.29) is 11.6 Å². The van der Waals surface area contributed by atoms with Crippen LogP contribution in [0.15, 0.2) is 12.3 Å². The molecular weight excluding hydrogens is 254 g/mol. The predicted molar refractivity (Wildman–Crippen MR) is 79.9 cm³/mol. The van der Waals surface area contributed by atoms with Crippen molar-refractivity contribution < 1.29 is 4.74 Å². The van der Waals surface area contributed by atoms with Crippen LogP contribution >= 0.6 is 0 Å². The molecule has 6 heteroatoms. The third-order valence-electron chi connectivity index (χ3n) is 4.23. The van der Waals surface area contributed by atoms with E-state index in [9.17, 15) is 0 Å². The van der Waals surface area contributed by atoms with Gasteiger partial charge in [-0.2, -0.15) is 0 Å². The summed E-state index contributed by atoms with van der Waals surface area (Å²) < 4.78 is 5.43. The zero-order chi connectivity index (χ0) is 14.8. The number of anilines is 1. The van der Waals surface area contributed by atoms with Crippen molar-refractivity contribution in [2.45, 2.75) is 32.4 Å². The Morgan fingerprint density at radius 1 is 1.40 bits per heavy atom. The number of nitrogens with one attached hydrogen (secondary N) is 1. The molecule has 6 nitrogen and oxygen atoms in total. The van der Waals surface area contributed by atoms with Gasteiger partial charge in [0.15, 0.2) is 0 Å². The minimum atomic E-state index is -0.180. The first kappa shape index (κ1) is 15.2. The lowest BCUT2D eigenvalue weighted by molar-refractivity contribution is -0.0238. The van der Waals surface area contributed by atoms with E-state index < -0.39 is 0 Å². The topological polar surface area (TPSA) is 89.4 Å². The van der Waals surface area contributed by atoms with Crippen LogP contribution in [0.5, 0.6) is 0 Å². The molecule has 1 aromatic heterocycles. The molecule has 1 aliphatic heterocycles. The summed E-state index contributed by atoms with van der Waals surface area (Å²) >= 11 is 0. The summed E-state index contributed by atoms with van der Waals surface area (Å²) in [5.41, 5.74) is 10.9. The lowest BCUT2D eigenvalue weighted by Gasteiger charge is -2.46. The van der Waals surface area contributed by atoms with Gasteiger partial charge < -0.3 is 10.5 Å². The number of aromatic nitrogens is 1. The number of hydrogen-bond acceptors (Lipinski definition) is 6.